The highest BCUT2D eigenvalue weighted by Gasteiger charge is 2.13. The Morgan fingerprint density at radius 1 is 1.38 bits per heavy atom. The van der Waals surface area contributed by atoms with E-state index in [4.69, 9.17) is 5.26 Å². The zero-order valence-corrected chi connectivity index (χ0v) is 9.45. The van der Waals surface area contributed by atoms with Gasteiger partial charge in [-0.25, -0.2) is 4.98 Å². The van der Waals surface area contributed by atoms with Crippen LogP contribution in [0, 0.1) is 11.3 Å². The van der Waals surface area contributed by atoms with Crippen molar-refractivity contribution in [2.45, 2.75) is 16.8 Å². The lowest BCUT2D eigenvalue weighted by Crippen LogP contribution is -1.93. The molecule has 0 saturated carbocycles. The lowest BCUT2D eigenvalue weighted by atomic mass is 10.1. The summed E-state index contributed by atoms with van der Waals surface area (Å²) in [5, 5.41) is 9.82. The van der Waals surface area contributed by atoms with Crippen LogP contribution in [-0.4, -0.2) is 9.97 Å². The third kappa shape index (κ3) is 2.65. The molecular formula is C12H11N3S. The van der Waals surface area contributed by atoms with Crippen molar-refractivity contribution < 1.29 is 0 Å². The van der Waals surface area contributed by atoms with Crippen LogP contribution in [-0.2, 0) is 0 Å². The first-order valence-electron chi connectivity index (χ1n) is 4.98. The third-order valence-electron chi connectivity index (χ3n) is 2.18. The van der Waals surface area contributed by atoms with Gasteiger partial charge in [-0.05, 0) is 5.56 Å². The van der Waals surface area contributed by atoms with E-state index in [0.717, 1.165) is 10.7 Å². The van der Waals surface area contributed by atoms with Crippen molar-refractivity contribution in [3.8, 4) is 6.07 Å². The van der Waals surface area contributed by atoms with Crippen molar-refractivity contribution >= 4 is 11.8 Å². The summed E-state index contributed by atoms with van der Waals surface area (Å²) in [6, 6.07) is 12.2. The van der Waals surface area contributed by atoms with E-state index in [2.05, 4.69) is 16.0 Å². The summed E-state index contributed by atoms with van der Waals surface area (Å²) in [4.78, 5) is 7.20. The van der Waals surface area contributed by atoms with Crippen molar-refractivity contribution in [2.75, 3.05) is 0 Å². The Labute approximate surface area is 98.5 Å². The van der Waals surface area contributed by atoms with E-state index in [1.807, 2.05) is 30.3 Å². The Morgan fingerprint density at radius 3 is 2.81 bits per heavy atom. The van der Waals surface area contributed by atoms with E-state index < -0.39 is 0 Å². The van der Waals surface area contributed by atoms with Crippen molar-refractivity contribution in [1.82, 2.24) is 9.97 Å². The minimum Gasteiger partial charge on any atom is -0.340 e. The molecule has 80 valence electrons. The molecule has 0 radical (unpaired) electrons. The van der Waals surface area contributed by atoms with Gasteiger partial charge in [0.1, 0.15) is 0 Å². The molecule has 1 aromatic carbocycles. The first-order chi connectivity index (χ1) is 7.90. The van der Waals surface area contributed by atoms with Gasteiger partial charge in [0.15, 0.2) is 5.16 Å². The molecule has 4 heteroatoms. The van der Waals surface area contributed by atoms with Gasteiger partial charge in [0.2, 0.25) is 0 Å². The van der Waals surface area contributed by atoms with E-state index >= 15 is 0 Å². The molecule has 0 amide bonds. The summed E-state index contributed by atoms with van der Waals surface area (Å²) in [6.45, 7) is 0. The highest BCUT2D eigenvalue weighted by Crippen LogP contribution is 2.35. The molecule has 0 bridgehead atoms. The van der Waals surface area contributed by atoms with Gasteiger partial charge >= 0.3 is 0 Å². The average molecular weight is 229 g/mol. The highest BCUT2D eigenvalue weighted by atomic mass is 32.2. The van der Waals surface area contributed by atoms with Gasteiger partial charge in [-0.1, -0.05) is 42.1 Å². The third-order valence-corrected chi connectivity index (χ3v) is 3.34. The number of thioether (sulfide) groups is 1. The summed E-state index contributed by atoms with van der Waals surface area (Å²) in [7, 11) is 0. The molecule has 2 rings (SSSR count). The molecule has 1 unspecified atom stereocenters. The molecule has 0 aliphatic rings. The molecule has 1 heterocycles. The molecule has 1 atom stereocenters. The van der Waals surface area contributed by atoms with E-state index in [-0.39, 0.29) is 5.25 Å². The van der Waals surface area contributed by atoms with Gasteiger partial charge in [0, 0.05) is 12.4 Å². The molecule has 2 aromatic rings. The van der Waals surface area contributed by atoms with E-state index in [1.165, 1.54) is 0 Å². The Kier molecular flexibility index (Phi) is 3.62. The fourth-order valence-electron chi connectivity index (χ4n) is 1.43. The Morgan fingerprint density at radius 2 is 2.19 bits per heavy atom. The first-order valence-corrected chi connectivity index (χ1v) is 5.86. The predicted molar refractivity (Wildman–Crippen MR) is 63.9 cm³/mol. The highest BCUT2D eigenvalue weighted by molar-refractivity contribution is 7.99. The maximum atomic E-state index is 8.83. The van der Waals surface area contributed by atoms with E-state index in [0.29, 0.717) is 6.42 Å². The van der Waals surface area contributed by atoms with E-state index in [9.17, 15) is 0 Å². The summed E-state index contributed by atoms with van der Waals surface area (Å²) in [6.07, 6.45) is 3.99. The van der Waals surface area contributed by atoms with Crippen LogP contribution in [0.2, 0.25) is 0 Å². The predicted octanol–water partition coefficient (Wildman–Crippen LogP) is 3.16. The minimum atomic E-state index is 0.136. The maximum absolute atomic E-state index is 8.83. The van der Waals surface area contributed by atoms with Crippen LogP contribution >= 0.6 is 11.8 Å². The number of aromatic nitrogens is 2. The van der Waals surface area contributed by atoms with Gasteiger partial charge in [0.25, 0.3) is 0 Å². The topological polar surface area (TPSA) is 52.5 Å². The van der Waals surface area contributed by atoms with Crippen LogP contribution < -0.4 is 0 Å². The number of imidazole rings is 1. The molecule has 0 aliphatic heterocycles. The number of hydrogen-bond donors (Lipinski definition) is 1. The first kappa shape index (κ1) is 10.8. The van der Waals surface area contributed by atoms with Crippen molar-refractivity contribution in [3.63, 3.8) is 0 Å². The van der Waals surface area contributed by atoms with Crippen LogP contribution in [0.5, 0.6) is 0 Å². The second-order valence-electron chi connectivity index (χ2n) is 3.27. The SMILES string of the molecule is N#CCC(Sc1ncc[nH]1)c1ccccc1. The van der Waals surface area contributed by atoms with Crippen molar-refractivity contribution in [1.29, 1.82) is 5.26 Å². The number of nitrogens with one attached hydrogen (secondary N) is 1. The molecule has 0 fully saturated rings. The van der Waals surface area contributed by atoms with Crippen molar-refractivity contribution in [2.24, 2.45) is 0 Å². The summed E-state index contributed by atoms with van der Waals surface area (Å²) in [5.41, 5.74) is 1.16. The molecule has 3 nitrogen and oxygen atoms in total. The molecule has 1 aromatic heterocycles. The monoisotopic (exact) mass is 229 g/mol. The van der Waals surface area contributed by atoms with E-state index in [1.54, 1.807) is 24.2 Å². The van der Waals surface area contributed by atoms with Gasteiger partial charge in [0.05, 0.1) is 17.7 Å². The molecule has 16 heavy (non-hydrogen) atoms. The van der Waals surface area contributed by atoms with Gasteiger partial charge in [-0.2, -0.15) is 5.26 Å². The number of H-pyrrole nitrogens is 1. The summed E-state index contributed by atoms with van der Waals surface area (Å²) < 4.78 is 0. The molecule has 0 spiro atoms. The van der Waals surface area contributed by atoms with Crippen LogP contribution in [0.1, 0.15) is 17.2 Å². The quantitative estimate of drug-likeness (QED) is 0.819. The van der Waals surface area contributed by atoms with Gasteiger partial charge in [-0.3, -0.25) is 0 Å². The minimum absolute atomic E-state index is 0.136. The Bertz CT molecular complexity index is 459. The summed E-state index contributed by atoms with van der Waals surface area (Å²) >= 11 is 1.58. The van der Waals surface area contributed by atoms with Crippen LogP contribution in [0.15, 0.2) is 47.9 Å². The molecule has 1 N–H and O–H groups in total. The number of hydrogen-bond acceptors (Lipinski definition) is 3. The Hall–Kier alpha value is -1.73. The normalized spacial score (nSPS) is 11.9. The second kappa shape index (κ2) is 5.38. The molecular weight excluding hydrogens is 218 g/mol. The molecule has 0 saturated heterocycles. The average Bonchev–Trinajstić information content (AvgIpc) is 2.83. The smallest absolute Gasteiger partial charge is 0.165 e. The fourth-order valence-corrected chi connectivity index (χ4v) is 2.41. The van der Waals surface area contributed by atoms with Gasteiger partial charge < -0.3 is 4.98 Å². The van der Waals surface area contributed by atoms with Gasteiger partial charge in [-0.15, -0.1) is 0 Å². The maximum Gasteiger partial charge on any atom is 0.165 e. The number of aromatic amines is 1. The number of rotatable bonds is 4. The number of nitriles is 1. The fraction of sp³-hybridized carbons (Fsp3) is 0.167. The standard InChI is InChI=1S/C12H11N3S/c13-7-6-11(10-4-2-1-3-5-10)16-12-14-8-9-15-12/h1-5,8-9,11H,6H2,(H,14,15). The number of benzene rings is 1. The zero-order chi connectivity index (χ0) is 11.2. The van der Waals surface area contributed by atoms with Crippen LogP contribution in [0.3, 0.4) is 0 Å². The second-order valence-corrected chi connectivity index (χ2v) is 4.47. The summed E-state index contributed by atoms with van der Waals surface area (Å²) in [5.74, 6) is 0. The zero-order valence-electron chi connectivity index (χ0n) is 8.63. The molecule has 0 aliphatic carbocycles. The van der Waals surface area contributed by atoms with Crippen LogP contribution in [0.25, 0.3) is 0 Å². The lowest BCUT2D eigenvalue weighted by molar-refractivity contribution is 0.955. The Balaban J connectivity index is 2.15. The largest absolute Gasteiger partial charge is 0.340 e. The number of nitrogens with zero attached hydrogens (tertiary/aromatic N) is 2. The lowest BCUT2D eigenvalue weighted by Gasteiger charge is -2.11. The van der Waals surface area contributed by atoms with Crippen LogP contribution in [0.4, 0.5) is 0 Å². The van der Waals surface area contributed by atoms with Crippen molar-refractivity contribution in [3.05, 3.63) is 48.3 Å².